The third-order valence-electron chi connectivity index (χ3n) is 7.27. The van der Waals surface area contributed by atoms with Gasteiger partial charge in [-0.25, -0.2) is 0 Å². The van der Waals surface area contributed by atoms with E-state index in [1.807, 2.05) is 43.3 Å². The molecule has 2 heterocycles. The number of rotatable bonds is 11. The second-order valence-corrected chi connectivity index (χ2v) is 13.4. The molecule has 12 heteroatoms. The zero-order chi connectivity index (χ0) is 32.9. The van der Waals surface area contributed by atoms with Crippen LogP contribution in [-0.4, -0.2) is 33.6 Å². The minimum absolute atomic E-state index is 0.0725. The summed E-state index contributed by atoms with van der Waals surface area (Å²) in [5.41, 5.74) is 2.69. The lowest BCUT2D eigenvalue weighted by atomic mass is 9.95. The first-order chi connectivity index (χ1) is 22.8. The third kappa shape index (κ3) is 7.31. The normalized spacial score (nSPS) is 15.6. The number of carbonyl (C=O) groups excluding carboxylic acids is 2. The summed E-state index contributed by atoms with van der Waals surface area (Å²) in [4.78, 5) is 28.7. The molecule has 5 aromatic rings. The first-order valence-electron chi connectivity index (χ1n) is 14.5. The summed E-state index contributed by atoms with van der Waals surface area (Å²) >= 11 is 14.9. The first-order valence-corrected chi connectivity index (χ1v) is 17.1. The number of ether oxygens (including phenoxy) is 2. The van der Waals surface area contributed by atoms with Crippen LogP contribution in [0.1, 0.15) is 35.2 Å². The number of Topliss-reactive ketones (excluding diaryl/α,β-unsaturated/α-hetero) is 1. The molecule has 47 heavy (non-hydrogen) atoms. The summed E-state index contributed by atoms with van der Waals surface area (Å²) in [6.45, 7) is 2.68. The lowest BCUT2D eigenvalue weighted by Crippen LogP contribution is -2.29. The molecule has 0 radical (unpaired) electrons. The van der Waals surface area contributed by atoms with Crippen LogP contribution in [0.4, 0.5) is 5.13 Å². The van der Waals surface area contributed by atoms with Gasteiger partial charge in [-0.1, -0.05) is 94.8 Å². The molecule has 0 bridgehead atoms. The average Bonchev–Trinajstić information content (AvgIpc) is 3.65. The lowest BCUT2D eigenvalue weighted by Gasteiger charge is -2.23. The number of anilines is 1. The van der Waals surface area contributed by atoms with Gasteiger partial charge in [0.15, 0.2) is 4.34 Å². The summed E-state index contributed by atoms with van der Waals surface area (Å²) in [5, 5.41) is 21.4. The minimum atomic E-state index is -1.00. The Morgan fingerprint density at radius 2 is 1.70 bits per heavy atom. The highest BCUT2D eigenvalue weighted by molar-refractivity contribution is 8.00. The quantitative estimate of drug-likeness (QED) is 0.0479. The van der Waals surface area contributed by atoms with Gasteiger partial charge in [-0.2, -0.15) is 0 Å². The van der Waals surface area contributed by atoms with Crippen molar-refractivity contribution in [1.82, 2.24) is 10.2 Å². The summed E-state index contributed by atoms with van der Waals surface area (Å²) in [5.74, 6) is -0.341. The number of hydrogen-bond donors (Lipinski definition) is 1. The highest BCUT2D eigenvalue weighted by Crippen LogP contribution is 2.45. The molecule has 6 rings (SSSR count). The van der Waals surface area contributed by atoms with Gasteiger partial charge in [-0.15, -0.1) is 10.2 Å². The predicted molar refractivity (Wildman–Crippen MR) is 186 cm³/mol. The lowest BCUT2D eigenvalue weighted by molar-refractivity contribution is -0.132. The van der Waals surface area contributed by atoms with Crippen molar-refractivity contribution < 1.29 is 24.2 Å². The van der Waals surface area contributed by atoms with Gasteiger partial charge in [-0.05, 0) is 72.1 Å². The summed E-state index contributed by atoms with van der Waals surface area (Å²) in [6, 6.07) is 27.8. The van der Waals surface area contributed by atoms with Gasteiger partial charge in [0.2, 0.25) is 5.13 Å². The van der Waals surface area contributed by atoms with E-state index in [9.17, 15) is 14.7 Å². The molecule has 1 unspecified atom stereocenters. The molecule has 1 amide bonds. The smallest absolute Gasteiger partial charge is 0.301 e. The van der Waals surface area contributed by atoms with E-state index in [-0.39, 0.29) is 16.5 Å². The standard InChI is InChI=1S/C35H27Cl2N3O5S2/c1-2-44-26-15-12-22(13-16-26)31(41)29-30(23-9-6-10-27(17-23)45-19-21-7-4-3-5-8-21)40(33(43)32(29)42)34-38-39-35(47-34)46-20-24-11-14-25(36)18-28(24)37/h3-18,30,41H,2,19-20H2,1H3. The average molecular weight is 705 g/mol. The molecule has 0 aliphatic carbocycles. The maximum Gasteiger partial charge on any atom is 0.301 e. The largest absolute Gasteiger partial charge is 0.507 e. The number of hydrogen-bond acceptors (Lipinski definition) is 9. The van der Waals surface area contributed by atoms with E-state index in [4.69, 9.17) is 32.7 Å². The van der Waals surface area contributed by atoms with Crippen molar-refractivity contribution >= 4 is 68.9 Å². The molecular formula is C35H27Cl2N3O5S2. The molecule has 0 saturated carbocycles. The van der Waals surface area contributed by atoms with Crippen LogP contribution in [0, 0.1) is 0 Å². The summed E-state index contributed by atoms with van der Waals surface area (Å²) in [6.07, 6.45) is 0. The molecule has 1 N–H and O–H groups in total. The van der Waals surface area contributed by atoms with Gasteiger partial charge in [-0.3, -0.25) is 14.5 Å². The van der Waals surface area contributed by atoms with E-state index < -0.39 is 17.7 Å². The number of halogens is 2. The van der Waals surface area contributed by atoms with Gasteiger partial charge in [0.1, 0.15) is 23.9 Å². The van der Waals surface area contributed by atoms with Crippen molar-refractivity contribution in [3.8, 4) is 11.5 Å². The van der Waals surface area contributed by atoms with Crippen molar-refractivity contribution in [1.29, 1.82) is 0 Å². The fourth-order valence-corrected chi connectivity index (χ4v) is 7.45. The third-order valence-corrected chi connectivity index (χ3v) is 9.97. The molecule has 8 nitrogen and oxygen atoms in total. The molecule has 1 aromatic heterocycles. The maximum atomic E-state index is 13.7. The van der Waals surface area contributed by atoms with E-state index in [0.717, 1.165) is 22.5 Å². The molecular weight excluding hydrogens is 677 g/mol. The van der Waals surface area contributed by atoms with E-state index in [1.165, 1.54) is 16.7 Å². The highest BCUT2D eigenvalue weighted by atomic mass is 35.5. The zero-order valence-corrected chi connectivity index (χ0v) is 28.1. The van der Waals surface area contributed by atoms with Crippen LogP contribution in [0.15, 0.2) is 107 Å². The van der Waals surface area contributed by atoms with Crippen LogP contribution in [0.25, 0.3) is 5.76 Å². The van der Waals surface area contributed by atoms with Crippen LogP contribution in [-0.2, 0) is 21.9 Å². The minimum Gasteiger partial charge on any atom is -0.507 e. The number of carbonyl (C=O) groups is 2. The number of nitrogens with zero attached hydrogens (tertiary/aromatic N) is 3. The number of aliphatic hydroxyl groups is 1. The Bertz CT molecular complexity index is 1950. The van der Waals surface area contributed by atoms with Crippen LogP contribution >= 0.6 is 46.3 Å². The van der Waals surface area contributed by atoms with E-state index >= 15 is 0 Å². The molecule has 4 aromatic carbocycles. The van der Waals surface area contributed by atoms with E-state index in [1.54, 1.807) is 60.7 Å². The first kappa shape index (κ1) is 32.6. The number of aromatic nitrogens is 2. The Kier molecular flexibility index (Phi) is 10.1. The maximum absolute atomic E-state index is 13.7. The van der Waals surface area contributed by atoms with Crippen LogP contribution in [0.5, 0.6) is 11.5 Å². The van der Waals surface area contributed by atoms with Gasteiger partial charge < -0.3 is 14.6 Å². The van der Waals surface area contributed by atoms with Crippen LogP contribution in [0.3, 0.4) is 0 Å². The van der Waals surface area contributed by atoms with Gasteiger partial charge in [0.05, 0.1) is 18.2 Å². The Hall–Kier alpha value is -4.35. The molecule has 1 aliphatic heterocycles. The molecule has 0 spiro atoms. The topological polar surface area (TPSA) is 102 Å². The van der Waals surface area contributed by atoms with Crippen molar-refractivity contribution in [2.75, 3.05) is 11.5 Å². The molecule has 1 atom stereocenters. The predicted octanol–water partition coefficient (Wildman–Crippen LogP) is 8.74. The zero-order valence-electron chi connectivity index (χ0n) is 24.9. The van der Waals surface area contributed by atoms with Crippen molar-refractivity contribution in [3.05, 3.63) is 135 Å². The number of benzene rings is 4. The fourth-order valence-electron chi connectivity index (χ4n) is 5.03. The Morgan fingerprint density at radius 1 is 0.915 bits per heavy atom. The van der Waals surface area contributed by atoms with Crippen molar-refractivity contribution in [2.24, 2.45) is 0 Å². The molecule has 1 saturated heterocycles. The number of amides is 1. The van der Waals surface area contributed by atoms with E-state index in [0.29, 0.717) is 56.0 Å². The molecule has 1 fully saturated rings. The molecule has 1 aliphatic rings. The summed E-state index contributed by atoms with van der Waals surface area (Å²) in [7, 11) is 0. The van der Waals surface area contributed by atoms with Crippen LogP contribution < -0.4 is 14.4 Å². The number of ketones is 1. The SMILES string of the molecule is CCOc1ccc(C(O)=C2C(=O)C(=O)N(c3nnc(SCc4ccc(Cl)cc4Cl)s3)C2c2cccc(OCc3ccccc3)c2)cc1. The van der Waals surface area contributed by atoms with Gasteiger partial charge in [0, 0.05) is 21.4 Å². The van der Waals surface area contributed by atoms with Gasteiger partial charge >= 0.3 is 5.91 Å². The second-order valence-electron chi connectivity index (χ2n) is 10.3. The number of thioether (sulfide) groups is 1. The Balaban J connectivity index is 1.36. The highest BCUT2D eigenvalue weighted by Gasteiger charge is 2.48. The Morgan fingerprint density at radius 3 is 2.45 bits per heavy atom. The second kappa shape index (κ2) is 14.6. The van der Waals surface area contributed by atoms with E-state index in [2.05, 4.69) is 10.2 Å². The van der Waals surface area contributed by atoms with Crippen molar-refractivity contribution in [2.45, 2.75) is 29.7 Å². The van der Waals surface area contributed by atoms with Crippen LogP contribution in [0.2, 0.25) is 10.0 Å². The fraction of sp³-hybridized carbons (Fsp3) is 0.143. The van der Waals surface area contributed by atoms with Gasteiger partial charge in [0.25, 0.3) is 5.78 Å². The number of aliphatic hydroxyl groups excluding tert-OH is 1. The monoisotopic (exact) mass is 703 g/mol. The molecule has 238 valence electrons. The summed E-state index contributed by atoms with van der Waals surface area (Å²) < 4.78 is 12.2. The van der Waals surface area contributed by atoms with Crippen molar-refractivity contribution in [3.63, 3.8) is 0 Å². The Labute approximate surface area is 289 Å².